The van der Waals surface area contributed by atoms with E-state index in [1.807, 2.05) is 6.26 Å². The maximum atomic E-state index is 12.6. The zero-order valence-electron chi connectivity index (χ0n) is 12.1. The van der Waals surface area contributed by atoms with Crippen LogP contribution in [-0.2, 0) is 24.8 Å². The Hall–Kier alpha value is -0.850. The smallest absolute Gasteiger partial charge is 0.262 e. The second-order valence-corrected chi connectivity index (χ2v) is 7.27. The topological polar surface area (TPSA) is 44.1 Å². The predicted molar refractivity (Wildman–Crippen MR) is 83.8 cm³/mol. The molecule has 6 heteroatoms. The maximum absolute atomic E-state index is 12.6. The molecule has 0 aromatic carbocycles. The van der Waals surface area contributed by atoms with Gasteiger partial charge in [0.1, 0.15) is 4.83 Å². The Labute approximate surface area is 126 Å². The van der Waals surface area contributed by atoms with Crippen molar-refractivity contribution in [1.82, 2.24) is 9.55 Å². The van der Waals surface area contributed by atoms with Crippen LogP contribution in [0.4, 0.5) is 0 Å². The van der Waals surface area contributed by atoms with Gasteiger partial charge in [-0.25, -0.2) is 4.98 Å². The van der Waals surface area contributed by atoms with E-state index in [0.29, 0.717) is 6.61 Å². The van der Waals surface area contributed by atoms with Gasteiger partial charge in [0.2, 0.25) is 0 Å². The van der Waals surface area contributed by atoms with Crippen LogP contribution in [0.15, 0.2) is 9.95 Å². The Kier molecular flexibility index (Phi) is 3.43. The fourth-order valence-corrected chi connectivity index (χ4v) is 4.28. The zero-order valence-corrected chi connectivity index (χ0v) is 13.8. The average molecular weight is 310 g/mol. The summed E-state index contributed by atoms with van der Waals surface area (Å²) in [7, 11) is 1.79. The van der Waals surface area contributed by atoms with Gasteiger partial charge in [-0.15, -0.1) is 11.3 Å². The molecular weight excluding hydrogens is 292 g/mol. The van der Waals surface area contributed by atoms with Crippen LogP contribution in [0.5, 0.6) is 0 Å². The third-order valence-corrected chi connectivity index (χ3v) is 5.94. The second kappa shape index (κ2) is 4.86. The Balaban J connectivity index is 2.27. The summed E-state index contributed by atoms with van der Waals surface area (Å²) >= 11 is 3.10. The van der Waals surface area contributed by atoms with E-state index >= 15 is 0 Å². The minimum absolute atomic E-state index is 0.0669. The van der Waals surface area contributed by atoms with Crippen LogP contribution in [0.2, 0.25) is 0 Å². The number of hydrogen-bond acceptors (Lipinski definition) is 5. The summed E-state index contributed by atoms with van der Waals surface area (Å²) in [4.78, 5) is 19.3. The van der Waals surface area contributed by atoms with Crippen molar-refractivity contribution in [3.05, 3.63) is 20.8 Å². The van der Waals surface area contributed by atoms with Gasteiger partial charge in [-0.1, -0.05) is 18.7 Å². The van der Waals surface area contributed by atoms with E-state index in [9.17, 15) is 4.79 Å². The number of fused-ring (bicyclic) bond motifs is 3. The Morgan fingerprint density at radius 2 is 2.30 bits per heavy atom. The fraction of sp³-hybridized carbons (Fsp3) is 0.571. The molecule has 108 valence electrons. The van der Waals surface area contributed by atoms with E-state index < -0.39 is 0 Å². The quantitative estimate of drug-likeness (QED) is 0.632. The Morgan fingerprint density at radius 3 is 2.95 bits per heavy atom. The van der Waals surface area contributed by atoms with Crippen LogP contribution >= 0.6 is 23.1 Å². The number of rotatable bonds is 2. The second-order valence-electron chi connectivity index (χ2n) is 5.42. The fourth-order valence-electron chi connectivity index (χ4n) is 2.59. The highest BCUT2D eigenvalue weighted by atomic mass is 32.2. The van der Waals surface area contributed by atoms with E-state index in [0.717, 1.165) is 38.7 Å². The molecule has 1 aliphatic heterocycles. The lowest BCUT2D eigenvalue weighted by Crippen LogP contribution is -2.34. The predicted octanol–water partition coefficient (Wildman–Crippen LogP) is 2.96. The van der Waals surface area contributed by atoms with Gasteiger partial charge in [-0.3, -0.25) is 9.36 Å². The molecule has 4 nitrogen and oxygen atoms in total. The number of hydrogen-bond donors (Lipinski definition) is 0. The molecule has 1 aliphatic rings. The standard InChI is InChI=1S/C14H18N2O2S2/c1-5-14(2)6-8-9(7-18-14)20-11-10(8)12(17)16(3)13(15-11)19-4/h5-7H2,1-4H3. The largest absolute Gasteiger partial charge is 0.369 e. The molecule has 0 radical (unpaired) electrons. The third kappa shape index (κ3) is 2.01. The first-order valence-electron chi connectivity index (χ1n) is 6.68. The normalized spacial score (nSPS) is 22.2. The summed E-state index contributed by atoms with van der Waals surface area (Å²) in [5.41, 5.74) is 1.06. The lowest BCUT2D eigenvalue weighted by molar-refractivity contribution is -0.0543. The molecule has 3 heterocycles. The van der Waals surface area contributed by atoms with Crippen LogP contribution in [0.1, 0.15) is 30.7 Å². The summed E-state index contributed by atoms with van der Waals surface area (Å²) in [6.07, 6.45) is 3.69. The van der Waals surface area contributed by atoms with Crippen molar-refractivity contribution in [3.8, 4) is 0 Å². The van der Waals surface area contributed by atoms with E-state index in [2.05, 4.69) is 18.8 Å². The van der Waals surface area contributed by atoms with E-state index in [-0.39, 0.29) is 11.2 Å². The van der Waals surface area contributed by atoms with E-state index in [1.54, 1.807) is 23.0 Å². The highest BCUT2D eigenvalue weighted by Gasteiger charge is 2.33. The molecule has 0 N–H and O–H groups in total. The maximum Gasteiger partial charge on any atom is 0.262 e. The first-order valence-corrected chi connectivity index (χ1v) is 8.72. The summed E-state index contributed by atoms with van der Waals surface area (Å²) < 4.78 is 7.62. The molecule has 2 aromatic heterocycles. The van der Waals surface area contributed by atoms with Crippen molar-refractivity contribution in [2.24, 2.45) is 7.05 Å². The molecule has 3 rings (SSSR count). The molecule has 0 fully saturated rings. The van der Waals surface area contributed by atoms with Crippen molar-refractivity contribution in [3.63, 3.8) is 0 Å². The van der Waals surface area contributed by atoms with Gasteiger partial charge in [0, 0.05) is 18.3 Å². The van der Waals surface area contributed by atoms with Crippen molar-refractivity contribution in [2.75, 3.05) is 6.26 Å². The highest BCUT2D eigenvalue weighted by Crippen LogP contribution is 2.38. The first kappa shape index (κ1) is 14.1. The Bertz CT molecular complexity index is 735. The zero-order chi connectivity index (χ0) is 14.5. The Morgan fingerprint density at radius 1 is 1.55 bits per heavy atom. The summed E-state index contributed by atoms with van der Waals surface area (Å²) in [5.74, 6) is 0. The minimum atomic E-state index is -0.163. The lowest BCUT2D eigenvalue weighted by atomic mass is 9.90. The van der Waals surface area contributed by atoms with Gasteiger partial charge in [0.15, 0.2) is 5.16 Å². The van der Waals surface area contributed by atoms with Crippen LogP contribution < -0.4 is 5.56 Å². The number of thiophene rings is 1. The number of ether oxygens (including phenoxy) is 1. The molecule has 0 saturated heterocycles. The molecule has 1 atom stereocenters. The highest BCUT2D eigenvalue weighted by molar-refractivity contribution is 7.98. The SMILES string of the molecule is CCC1(C)Cc2c(sc3nc(SC)n(C)c(=O)c23)CO1. The minimum Gasteiger partial charge on any atom is -0.369 e. The van der Waals surface area contributed by atoms with Crippen LogP contribution in [0.3, 0.4) is 0 Å². The molecule has 0 saturated carbocycles. The molecule has 2 aromatic rings. The number of thioether (sulfide) groups is 1. The van der Waals surface area contributed by atoms with Crippen molar-refractivity contribution < 1.29 is 4.74 Å². The summed E-state index contributed by atoms with van der Waals surface area (Å²) in [6.45, 7) is 4.84. The number of nitrogens with zero attached hydrogens (tertiary/aromatic N) is 2. The van der Waals surface area contributed by atoms with Crippen molar-refractivity contribution >= 4 is 33.3 Å². The molecule has 0 spiro atoms. The van der Waals surface area contributed by atoms with Gasteiger partial charge < -0.3 is 4.74 Å². The summed E-state index contributed by atoms with van der Waals surface area (Å²) in [6, 6.07) is 0. The van der Waals surface area contributed by atoms with Crippen LogP contribution in [0, 0.1) is 0 Å². The van der Waals surface area contributed by atoms with Gasteiger partial charge in [-0.2, -0.15) is 0 Å². The first-order chi connectivity index (χ1) is 9.49. The molecule has 0 amide bonds. The van der Waals surface area contributed by atoms with Crippen molar-refractivity contribution in [2.45, 2.75) is 44.1 Å². The molecule has 0 aliphatic carbocycles. The van der Waals surface area contributed by atoms with E-state index in [1.165, 1.54) is 11.8 Å². The van der Waals surface area contributed by atoms with Crippen molar-refractivity contribution in [1.29, 1.82) is 0 Å². The van der Waals surface area contributed by atoms with Crippen LogP contribution in [0.25, 0.3) is 10.2 Å². The lowest BCUT2D eigenvalue weighted by Gasteiger charge is -2.32. The van der Waals surface area contributed by atoms with Gasteiger partial charge in [0.05, 0.1) is 17.6 Å². The average Bonchev–Trinajstić information content (AvgIpc) is 2.80. The van der Waals surface area contributed by atoms with Gasteiger partial charge >= 0.3 is 0 Å². The molecule has 0 bridgehead atoms. The van der Waals surface area contributed by atoms with Crippen LogP contribution in [-0.4, -0.2) is 21.4 Å². The third-order valence-electron chi connectivity index (χ3n) is 4.11. The molecule has 20 heavy (non-hydrogen) atoms. The molecular formula is C14H18N2O2S2. The summed E-state index contributed by atoms with van der Waals surface area (Å²) in [5, 5.41) is 1.56. The van der Waals surface area contributed by atoms with E-state index in [4.69, 9.17) is 4.74 Å². The number of aromatic nitrogens is 2. The molecule has 1 unspecified atom stereocenters. The monoisotopic (exact) mass is 310 g/mol. The van der Waals surface area contributed by atoms with Gasteiger partial charge in [0.25, 0.3) is 5.56 Å². The van der Waals surface area contributed by atoms with Gasteiger partial charge in [-0.05, 0) is 25.2 Å².